The molecular formula is C22H26N2. The molecular weight excluding hydrogens is 292 g/mol. The standard InChI is InChI=1S/C22H26N2/c1-24-16-20(19-11-5-6-12-21(19)24)22(13-7-8-14-22)17-23-15-18-9-3-2-4-10-18/h2-6,9-12,16,23H,7-8,13-15,17H2,1H3. The van der Waals surface area contributed by atoms with Crippen molar-refractivity contribution in [3.05, 3.63) is 71.9 Å². The molecule has 0 bridgehead atoms. The highest BCUT2D eigenvalue weighted by molar-refractivity contribution is 5.85. The van der Waals surface area contributed by atoms with Crippen LogP contribution in [0.3, 0.4) is 0 Å². The highest BCUT2D eigenvalue weighted by atomic mass is 14.9. The number of aryl methyl sites for hydroxylation is 1. The van der Waals surface area contributed by atoms with Crippen LogP contribution in [-0.4, -0.2) is 11.1 Å². The average Bonchev–Trinajstić information content (AvgIpc) is 3.22. The molecule has 0 spiro atoms. The Morgan fingerprint density at radius 3 is 2.46 bits per heavy atom. The largest absolute Gasteiger partial charge is 0.350 e. The molecule has 0 radical (unpaired) electrons. The number of nitrogens with one attached hydrogen (secondary N) is 1. The minimum absolute atomic E-state index is 0.287. The van der Waals surface area contributed by atoms with Gasteiger partial charge < -0.3 is 9.88 Å². The molecule has 1 saturated carbocycles. The van der Waals surface area contributed by atoms with Gasteiger partial charge in [-0.1, -0.05) is 61.4 Å². The molecule has 2 aromatic carbocycles. The summed E-state index contributed by atoms with van der Waals surface area (Å²) in [5, 5.41) is 5.18. The van der Waals surface area contributed by atoms with Crippen LogP contribution < -0.4 is 5.32 Å². The SMILES string of the molecule is Cn1cc(C2(CNCc3ccccc3)CCCC2)c2ccccc21. The molecule has 1 heterocycles. The Morgan fingerprint density at radius 1 is 0.958 bits per heavy atom. The molecule has 1 fully saturated rings. The molecule has 0 amide bonds. The van der Waals surface area contributed by atoms with Gasteiger partial charge in [0.15, 0.2) is 0 Å². The number of nitrogens with zero attached hydrogens (tertiary/aromatic N) is 1. The molecule has 1 aromatic heterocycles. The van der Waals surface area contributed by atoms with E-state index in [1.165, 1.54) is 42.1 Å². The van der Waals surface area contributed by atoms with Crippen LogP contribution in [0.4, 0.5) is 0 Å². The first kappa shape index (κ1) is 15.5. The molecule has 0 atom stereocenters. The van der Waals surface area contributed by atoms with Crippen molar-refractivity contribution in [2.45, 2.75) is 37.6 Å². The second-order valence-electron chi connectivity index (χ2n) is 7.25. The van der Waals surface area contributed by atoms with Crippen molar-refractivity contribution in [1.82, 2.24) is 9.88 Å². The molecule has 1 aliphatic carbocycles. The average molecular weight is 318 g/mol. The third-order valence-electron chi connectivity index (χ3n) is 5.66. The Morgan fingerprint density at radius 2 is 1.67 bits per heavy atom. The van der Waals surface area contributed by atoms with E-state index in [0.29, 0.717) is 0 Å². The van der Waals surface area contributed by atoms with Gasteiger partial charge in [0.2, 0.25) is 0 Å². The summed E-state index contributed by atoms with van der Waals surface area (Å²) in [6.45, 7) is 2.02. The maximum absolute atomic E-state index is 3.75. The minimum atomic E-state index is 0.287. The lowest BCUT2D eigenvalue weighted by Gasteiger charge is -2.29. The summed E-state index contributed by atoms with van der Waals surface area (Å²) in [4.78, 5) is 0. The van der Waals surface area contributed by atoms with Gasteiger partial charge in [-0.05, 0) is 30.0 Å². The normalized spacial score (nSPS) is 16.7. The van der Waals surface area contributed by atoms with Gasteiger partial charge in [0, 0.05) is 42.7 Å². The second-order valence-corrected chi connectivity index (χ2v) is 7.25. The first-order chi connectivity index (χ1) is 11.8. The Kier molecular flexibility index (Phi) is 4.15. The fourth-order valence-corrected chi connectivity index (χ4v) is 4.40. The van der Waals surface area contributed by atoms with Gasteiger partial charge in [-0.2, -0.15) is 0 Å². The lowest BCUT2D eigenvalue weighted by molar-refractivity contribution is 0.406. The number of fused-ring (bicyclic) bond motifs is 1. The van der Waals surface area contributed by atoms with Crippen molar-refractivity contribution < 1.29 is 0 Å². The lowest BCUT2D eigenvalue weighted by Crippen LogP contribution is -2.35. The van der Waals surface area contributed by atoms with E-state index in [9.17, 15) is 0 Å². The van der Waals surface area contributed by atoms with Crippen LogP contribution in [0.25, 0.3) is 10.9 Å². The zero-order chi connectivity index (χ0) is 16.4. The Labute approximate surface area is 144 Å². The molecule has 2 heteroatoms. The van der Waals surface area contributed by atoms with Crippen LogP contribution in [0.2, 0.25) is 0 Å². The summed E-state index contributed by atoms with van der Waals surface area (Å²) in [6.07, 6.45) is 7.65. The maximum Gasteiger partial charge on any atom is 0.0480 e. The number of para-hydroxylation sites is 1. The number of hydrogen-bond acceptors (Lipinski definition) is 1. The molecule has 0 unspecified atom stereocenters. The summed E-state index contributed by atoms with van der Waals surface area (Å²) in [7, 11) is 2.17. The predicted octanol–water partition coefficient (Wildman–Crippen LogP) is 4.78. The highest BCUT2D eigenvalue weighted by Crippen LogP contribution is 2.44. The zero-order valence-corrected chi connectivity index (χ0v) is 14.5. The Hall–Kier alpha value is -2.06. The van der Waals surface area contributed by atoms with Crippen molar-refractivity contribution in [3.8, 4) is 0 Å². The summed E-state index contributed by atoms with van der Waals surface area (Å²) in [5.41, 5.74) is 4.54. The summed E-state index contributed by atoms with van der Waals surface area (Å²) < 4.78 is 2.29. The van der Waals surface area contributed by atoms with Crippen LogP contribution in [0.1, 0.15) is 36.8 Å². The number of aromatic nitrogens is 1. The fraction of sp³-hybridized carbons (Fsp3) is 0.364. The minimum Gasteiger partial charge on any atom is -0.350 e. The molecule has 124 valence electrons. The van der Waals surface area contributed by atoms with Crippen LogP contribution in [-0.2, 0) is 19.0 Å². The van der Waals surface area contributed by atoms with E-state index >= 15 is 0 Å². The fourth-order valence-electron chi connectivity index (χ4n) is 4.40. The molecule has 0 saturated heterocycles. The van der Waals surface area contributed by atoms with Crippen LogP contribution >= 0.6 is 0 Å². The predicted molar refractivity (Wildman–Crippen MR) is 101 cm³/mol. The van der Waals surface area contributed by atoms with Gasteiger partial charge in [0.25, 0.3) is 0 Å². The lowest BCUT2D eigenvalue weighted by atomic mass is 9.78. The number of benzene rings is 2. The molecule has 1 aliphatic rings. The molecule has 24 heavy (non-hydrogen) atoms. The van der Waals surface area contributed by atoms with Crippen molar-refractivity contribution >= 4 is 10.9 Å². The van der Waals surface area contributed by atoms with Crippen LogP contribution in [0, 0.1) is 0 Å². The Bertz CT molecular complexity index is 810. The van der Waals surface area contributed by atoms with Crippen LogP contribution in [0.15, 0.2) is 60.8 Å². The Balaban J connectivity index is 1.61. The van der Waals surface area contributed by atoms with Gasteiger partial charge in [-0.15, -0.1) is 0 Å². The van der Waals surface area contributed by atoms with Crippen molar-refractivity contribution in [3.63, 3.8) is 0 Å². The maximum atomic E-state index is 3.75. The molecule has 4 rings (SSSR count). The third kappa shape index (κ3) is 2.76. The van der Waals surface area contributed by atoms with Gasteiger partial charge in [0.1, 0.15) is 0 Å². The van der Waals surface area contributed by atoms with E-state index in [1.54, 1.807) is 5.56 Å². The van der Waals surface area contributed by atoms with Crippen molar-refractivity contribution in [1.29, 1.82) is 0 Å². The number of rotatable bonds is 5. The summed E-state index contributed by atoms with van der Waals surface area (Å²) in [6, 6.07) is 19.6. The van der Waals surface area contributed by atoms with Gasteiger partial charge >= 0.3 is 0 Å². The quantitative estimate of drug-likeness (QED) is 0.716. The van der Waals surface area contributed by atoms with Gasteiger partial charge in [0.05, 0.1) is 0 Å². The van der Waals surface area contributed by atoms with Crippen molar-refractivity contribution in [2.24, 2.45) is 7.05 Å². The molecule has 0 aliphatic heterocycles. The van der Waals surface area contributed by atoms with Gasteiger partial charge in [-0.3, -0.25) is 0 Å². The molecule has 2 nitrogen and oxygen atoms in total. The van der Waals surface area contributed by atoms with E-state index in [0.717, 1.165) is 13.1 Å². The first-order valence-electron chi connectivity index (χ1n) is 9.08. The summed E-state index contributed by atoms with van der Waals surface area (Å²) >= 11 is 0. The third-order valence-corrected chi connectivity index (χ3v) is 5.66. The summed E-state index contributed by atoms with van der Waals surface area (Å²) in [5.74, 6) is 0. The van der Waals surface area contributed by atoms with Crippen molar-refractivity contribution in [2.75, 3.05) is 6.54 Å². The monoisotopic (exact) mass is 318 g/mol. The van der Waals surface area contributed by atoms with E-state index in [-0.39, 0.29) is 5.41 Å². The van der Waals surface area contributed by atoms with E-state index < -0.39 is 0 Å². The molecule has 3 aromatic rings. The van der Waals surface area contributed by atoms with E-state index in [1.807, 2.05) is 0 Å². The van der Waals surface area contributed by atoms with Crippen LogP contribution in [0.5, 0.6) is 0 Å². The van der Waals surface area contributed by atoms with Gasteiger partial charge in [-0.25, -0.2) is 0 Å². The smallest absolute Gasteiger partial charge is 0.0480 e. The first-order valence-corrected chi connectivity index (χ1v) is 9.08. The van der Waals surface area contributed by atoms with E-state index in [4.69, 9.17) is 0 Å². The highest BCUT2D eigenvalue weighted by Gasteiger charge is 2.37. The van der Waals surface area contributed by atoms with E-state index in [2.05, 4.69) is 77.7 Å². The molecule has 1 N–H and O–H groups in total. The zero-order valence-electron chi connectivity index (χ0n) is 14.5. The topological polar surface area (TPSA) is 17.0 Å². The second kappa shape index (κ2) is 6.45. The number of hydrogen-bond donors (Lipinski definition) is 1.